The number of nitrogens with one attached hydrogen (secondary N) is 1. The molecule has 1 aliphatic rings. The largest absolute Gasteiger partial charge is 0.496 e. The molecule has 38 heavy (non-hydrogen) atoms. The Balaban J connectivity index is 1.54. The van der Waals surface area contributed by atoms with E-state index in [1.54, 1.807) is 30.3 Å². The minimum atomic E-state index is -4.08. The highest BCUT2D eigenvalue weighted by Crippen LogP contribution is 2.31. The number of ether oxygens (including phenoxy) is 1. The lowest BCUT2D eigenvalue weighted by atomic mass is 10.1. The number of sulfonamides is 1. The second kappa shape index (κ2) is 12.0. The van der Waals surface area contributed by atoms with Crippen LogP contribution in [0, 0.1) is 6.92 Å². The fourth-order valence-electron chi connectivity index (χ4n) is 4.30. The maximum atomic E-state index is 13.7. The molecule has 0 aliphatic carbocycles. The van der Waals surface area contributed by atoms with E-state index in [9.17, 15) is 18.0 Å². The van der Waals surface area contributed by atoms with Gasteiger partial charge in [0.05, 0.1) is 22.2 Å². The molecular formula is C28H30BrN3O5S. The topological polar surface area (TPSA) is 96.0 Å². The molecule has 1 heterocycles. The molecule has 0 bridgehead atoms. The van der Waals surface area contributed by atoms with Crippen molar-refractivity contribution in [3.8, 4) is 5.75 Å². The molecule has 0 aromatic heterocycles. The zero-order valence-corrected chi connectivity index (χ0v) is 23.7. The van der Waals surface area contributed by atoms with Gasteiger partial charge in [-0.25, -0.2) is 8.42 Å². The summed E-state index contributed by atoms with van der Waals surface area (Å²) in [6.45, 7) is 2.93. The van der Waals surface area contributed by atoms with Gasteiger partial charge in [0, 0.05) is 26.1 Å². The van der Waals surface area contributed by atoms with Crippen molar-refractivity contribution >= 4 is 43.5 Å². The summed E-state index contributed by atoms with van der Waals surface area (Å²) in [7, 11) is -2.58. The molecule has 4 rings (SSSR count). The minimum absolute atomic E-state index is 0.0270. The first-order chi connectivity index (χ1) is 18.2. The summed E-state index contributed by atoms with van der Waals surface area (Å²) in [6, 6.07) is 19.1. The van der Waals surface area contributed by atoms with E-state index in [1.165, 1.54) is 19.2 Å². The Labute approximate surface area is 231 Å². The van der Waals surface area contributed by atoms with Gasteiger partial charge in [0.1, 0.15) is 12.3 Å². The van der Waals surface area contributed by atoms with Gasteiger partial charge in [-0.2, -0.15) is 0 Å². The number of carbonyl (C=O) groups excluding carboxylic acids is 2. The summed E-state index contributed by atoms with van der Waals surface area (Å²) in [5.41, 5.74) is 3.18. The van der Waals surface area contributed by atoms with Crippen LogP contribution in [0.1, 0.15) is 29.5 Å². The van der Waals surface area contributed by atoms with Crippen LogP contribution in [0.5, 0.6) is 5.75 Å². The van der Waals surface area contributed by atoms with Crippen LogP contribution in [0.2, 0.25) is 0 Å². The maximum Gasteiger partial charge on any atom is 0.264 e. The summed E-state index contributed by atoms with van der Waals surface area (Å²) >= 11 is 3.35. The Morgan fingerprint density at radius 3 is 2.42 bits per heavy atom. The molecule has 1 N–H and O–H groups in total. The van der Waals surface area contributed by atoms with Crippen molar-refractivity contribution in [2.45, 2.75) is 37.8 Å². The van der Waals surface area contributed by atoms with Crippen LogP contribution in [0.25, 0.3) is 0 Å². The fourth-order valence-corrected chi connectivity index (χ4v) is 6.44. The minimum Gasteiger partial charge on any atom is -0.496 e. The molecule has 0 radical (unpaired) electrons. The number of carbonyl (C=O) groups is 2. The Morgan fingerprint density at radius 1 is 1.08 bits per heavy atom. The average molecular weight is 601 g/mol. The van der Waals surface area contributed by atoms with E-state index in [0.717, 1.165) is 34.0 Å². The number of nitrogens with zero attached hydrogens (tertiary/aromatic N) is 2. The van der Waals surface area contributed by atoms with Crippen molar-refractivity contribution in [3.05, 3.63) is 87.9 Å². The predicted octanol–water partition coefficient (Wildman–Crippen LogP) is 4.40. The van der Waals surface area contributed by atoms with Crippen molar-refractivity contribution in [1.29, 1.82) is 0 Å². The number of methoxy groups -OCH3 is 1. The maximum absolute atomic E-state index is 13.7. The predicted molar refractivity (Wildman–Crippen MR) is 149 cm³/mol. The number of amides is 2. The zero-order valence-electron chi connectivity index (χ0n) is 21.3. The Bertz CT molecular complexity index is 1430. The summed E-state index contributed by atoms with van der Waals surface area (Å²) in [6.07, 6.45) is 1.42. The lowest BCUT2D eigenvalue weighted by molar-refractivity contribution is -0.128. The first kappa shape index (κ1) is 27.7. The number of halogens is 1. The zero-order chi connectivity index (χ0) is 27.3. The molecule has 0 spiro atoms. The molecule has 200 valence electrons. The van der Waals surface area contributed by atoms with Gasteiger partial charge in [-0.3, -0.25) is 13.9 Å². The highest BCUT2D eigenvalue weighted by Gasteiger charge is 2.28. The van der Waals surface area contributed by atoms with E-state index in [2.05, 4.69) is 21.2 Å². The summed E-state index contributed by atoms with van der Waals surface area (Å²) in [5, 5.41) is 2.86. The third-order valence-electron chi connectivity index (χ3n) is 6.45. The average Bonchev–Trinajstić information content (AvgIpc) is 3.31. The quantitative estimate of drug-likeness (QED) is 0.372. The molecule has 1 saturated heterocycles. The van der Waals surface area contributed by atoms with Gasteiger partial charge in [0.25, 0.3) is 10.0 Å². The van der Waals surface area contributed by atoms with Crippen molar-refractivity contribution < 1.29 is 22.7 Å². The van der Waals surface area contributed by atoms with Gasteiger partial charge in [0.2, 0.25) is 11.8 Å². The number of hydrogen-bond donors (Lipinski definition) is 1. The number of hydrogen-bond acceptors (Lipinski definition) is 5. The Kier molecular flexibility index (Phi) is 8.73. The third kappa shape index (κ3) is 6.36. The first-order valence-electron chi connectivity index (χ1n) is 12.2. The van der Waals surface area contributed by atoms with Crippen LogP contribution < -0.4 is 14.4 Å². The van der Waals surface area contributed by atoms with E-state index < -0.39 is 22.5 Å². The summed E-state index contributed by atoms with van der Waals surface area (Å²) < 4.78 is 34.2. The number of anilines is 1. The SMILES string of the molecule is COc1ccc(S(=O)(=O)N(CC(=O)NCc2ccccc2CN2CCCC2=O)c2ccc(C)cc2)cc1Br. The molecule has 0 saturated carbocycles. The van der Waals surface area contributed by atoms with Gasteiger partial charge >= 0.3 is 0 Å². The second-order valence-electron chi connectivity index (χ2n) is 9.11. The normalized spacial score (nSPS) is 13.4. The number of benzene rings is 3. The van der Waals surface area contributed by atoms with Crippen molar-refractivity contribution in [2.75, 3.05) is 24.5 Å². The van der Waals surface area contributed by atoms with E-state index >= 15 is 0 Å². The van der Waals surface area contributed by atoms with Gasteiger partial charge in [-0.05, 0) is 70.7 Å². The summed E-state index contributed by atoms with van der Waals surface area (Å²) in [5.74, 6) is 0.180. The van der Waals surface area contributed by atoms with E-state index in [-0.39, 0.29) is 17.3 Å². The monoisotopic (exact) mass is 599 g/mol. The van der Waals surface area contributed by atoms with Gasteiger partial charge in [-0.15, -0.1) is 0 Å². The molecule has 1 aliphatic heterocycles. The van der Waals surface area contributed by atoms with Crippen molar-refractivity contribution in [2.24, 2.45) is 0 Å². The molecule has 3 aromatic carbocycles. The molecule has 3 aromatic rings. The van der Waals surface area contributed by atoms with Crippen LogP contribution in [-0.2, 0) is 32.7 Å². The molecule has 0 unspecified atom stereocenters. The summed E-state index contributed by atoms with van der Waals surface area (Å²) in [4.78, 5) is 27.0. The standard InChI is InChI=1S/C28H30BrN3O5S/c1-20-9-11-23(12-10-20)32(38(35,36)24-13-14-26(37-2)25(29)16-24)19-27(33)30-17-21-6-3-4-7-22(21)18-31-15-5-8-28(31)34/h3-4,6-7,9-14,16H,5,8,15,17-19H2,1-2H3,(H,30,33). The Morgan fingerprint density at radius 2 is 1.79 bits per heavy atom. The molecule has 8 nitrogen and oxygen atoms in total. The van der Waals surface area contributed by atoms with Crippen LogP contribution in [-0.4, -0.2) is 45.3 Å². The van der Waals surface area contributed by atoms with E-state index in [1.807, 2.05) is 36.1 Å². The Hall–Kier alpha value is -3.37. The van der Waals surface area contributed by atoms with Gasteiger partial charge < -0.3 is 15.0 Å². The van der Waals surface area contributed by atoms with E-state index in [0.29, 0.717) is 28.9 Å². The van der Waals surface area contributed by atoms with Gasteiger partial charge in [0.15, 0.2) is 0 Å². The number of rotatable bonds is 10. The van der Waals surface area contributed by atoms with Crippen molar-refractivity contribution in [1.82, 2.24) is 10.2 Å². The first-order valence-corrected chi connectivity index (χ1v) is 14.5. The molecule has 1 fully saturated rings. The lowest BCUT2D eigenvalue weighted by Gasteiger charge is -2.25. The highest BCUT2D eigenvalue weighted by atomic mass is 79.9. The third-order valence-corrected chi connectivity index (χ3v) is 8.84. The number of likely N-dealkylation sites (tertiary alicyclic amines) is 1. The lowest BCUT2D eigenvalue weighted by Crippen LogP contribution is -2.40. The smallest absolute Gasteiger partial charge is 0.264 e. The van der Waals surface area contributed by atoms with Gasteiger partial charge in [-0.1, -0.05) is 42.0 Å². The molecular weight excluding hydrogens is 570 g/mol. The molecule has 0 atom stereocenters. The molecule has 2 amide bonds. The number of aryl methyl sites for hydroxylation is 1. The van der Waals surface area contributed by atoms with Crippen molar-refractivity contribution in [3.63, 3.8) is 0 Å². The second-order valence-corrected chi connectivity index (χ2v) is 11.8. The van der Waals surface area contributed by atoms with Crippen LogP contribution in [0.15, 0.2) is 76.1 Å². The molecule has 10 heteroatoms. The van der Waals surface area contributed by atoms with Crippen LogP contribution in [0.3, 0.4) is 0 Å². The van der Waals surface area contributed by atoms with Crippen LogP contribution >= 0.6 is 15.9 Å². The van der Waals surface area contributed by atoms with Crippen LogP contribution in [0.4, 0.5) is 5.69 Å². The highest BCUT2D eigenvalue weighted by molar-refractivity contribution is 9.10. The van der Waals surface area contributed by atoms with E-state index in [4.69, 9.17) is 4.74 Å². The fraction of sp³-hybridized carbons (Fsp3) is 0.286.